The molecule has 0 spiro atoms. The summed E-state index contributed by atoms with van der Waals surface area (Å²) in [7, 11) is 1.71. The van der Waals surface area contributed by atoms with Crippen LogP contribution in [-0.2, 0) is 11.8 Å². The molecular formula is C17H14FN6O2. The predicted octanol–water partition coefficient (Wildman–Crippen LogP) is 2.24. The van der Waals surface area contributed by atoms with Gasteiger partial charge in [-0.2, -0.15) is 0 Å². The summed E-state index contributed by atoms with van der Waals surface area (Å²) in [4.78, 5) is 17.4. The molecule has 0 aliphatic carbocycles. The van der Waals surface area contributed by atoms with Crippen LogP contribution in [0.15, 0.2) is 36.5 Å². The van der Waals surface area contributed by atoms with Gasteiger partial charge in [0, 0.05) is 24.4 Å². The maximum atomic E-state index is 14.6. The quantitative estimate of drug-likeness (QED) is 0.718. The topological polar surface area (TPSA) is 86.0 Å². The van der Waals surface area contributed by atoms with Crippen molar-refractivity contribution in [1.29, 1.82) is 0 Å². The van der Waals surface area contributed by atoms with Crippen molar-refractivity contribution in [2.45, 2.75) is 6.10 Å². The Morgan fingerprint density at radius 1 is 1.31 bits per heavy atom. The number of pyridine rings is 1. The first kappa shape index (κ1) is 16.1. The van der Waals surface area contributed by atoms with Crippen molar-refractivity contribution in [3.8, 4) is 22.6 Å². The predicted molar refractivity (Wildman–Crippen MR) is 90.4 cm³/mol. The molecule has 3 aromatic rings. The summed E-state index contributed by atoms with van der Waals surface area (Å²) < 4.78 is 21.1. The van der Waals surface area contributed by atoms with Crippen LogP contribution >= 0.6 is 0 Å². The van der Waals surface area contributed by atoms with Gasteiger partial charge >= 0.3 is 6.09 Å². The highest BCUT2D eigenvalue weighted by atomic mass is 19.1. The first-order valence-corrected chi connectivity index (χ1v) is 7.83. The van der Waals surface area contributed by atoms with Crippen LogP contribution in [0.1, 0.15) is 0 Å². The number of hydrogen-bond acceptors (Lipinski definition) is 6. The van der Waals surface area contributed by atoms with Crippen molar-refractivity contribution in [3.63, 3.8) is 0 Å². The number of carbonyl (C=O) groups is 1. The summed E-state index contributed by atoms with van der Waals surface area (Å²) in [6.07, 6.45) is 0.565. The van der Waals surface area contributed by atoms with E-state index in [0.717, 1.165) is 0 Å². The fourth-order valence-electron chi connectivity index (χ4n) is 2.77. The molecule has 1 radical (unpaired) electrons. The number of carbonyl (C=O) groups excluding carboxylic acids is 1. The molecule has 1 fully saturated rings. The van der Waals surface area contributed by atoms with E-state index in [1.54, 1.807) is 37.5 Å². The van der Waals surface area contributed by atoms with Crippen LogP contribution in [0.4, 0.5) is 14.9 Å². The Hall–Kier alpha value is -3.36. The van der Waals surface area contributed by atoms with E-state index in [9.17, 15) is 9.18 Å². The van der Waals surface area contributed by atoms with E-state index in [2.05, 4.69) is 27.4 Å². The molecule has 0 saturated carbocycles. The van der Waals surface area contributed by atoms with Crippen molar-refractivity contribution in [2.24, 2.45) is 7.05 Å². The fraction of sp³-hybridized carbons (Fsp3) is 0.176. The average molecular weight is 353 g/mol. The third-order valence-electron chi connectivity index (χ3n) is 4.06. The minimum Gasteiger partial charge on any atom is -0.444 e. The lowest BCUT2D eigenvalue weighted by Gasteiger charge is -2.14. The van der Waals surface area contributed by atoms with Crippen LogP contribution in [0.2, 0.25) is 0 Å². The summed E-state index contributed by atoms with van der Waals surface area (Å²) in [6, 6.07) is 8.03. The highest BCUT2D eigenvalue weighted by Crippen LogP contribution is 2.29. The van der Waals surface area contributed by atoms with Gasteiger partial charge in [0.1, 0.15) is 17.6 Å². The third-order valence-corrected chi connectivity index (χ3v) is 4.06. The fourth-order valence-corrected chi connectivity index (χ4v) is 2.77. The van der Waals surface area contributed by atoms with Gasteiger partial charge in [-0.1, -0.05) is 6.07 Å². The summed E-state index contributed by atoms with van der Waals surface area (Å²) in [6.45, 7) is 3.98. The molecule has 1 aliphatic rings. The van der Waals surface area contributed by atoms with Gasteiger partial charge in [-0.15, -0.1) is 5.10 Å². The number of halogens is 1. The van der Waals surface area contributed by atoms with Gasteiger partial charge in [0.05, 0.1) is 12.2 Å². The zero-order valence-electron chi connectivity index (χ0n) is 13.8. The number of aryl methyl sites for hydroxylation is 1. The molecule has 1 amide bonds. The minimum absolute atomic E-state index is 0.291. The van der Waals surface area contributed by atoms with Crippen molar-refractivity contribution in [1.82, 2.24) is 25.2 Å². The van der Waals surface area contributed by atoms with Gasteiger partial charge in [0.25, 0.3) is 0 Å². The molecule has 0 N–H and O–H groups in total. The van der Waals surface area contributed by atoms with E-state index < -0.39 is 18.0 Å². The zero-order valence-corrected chi connectivity index (χ0v) is 13.8. The van der Waals surface area contributed by atoms with Crippen LogP contribution in [0.25, 0.3) is 22.6 Å². The Balaban J connectivity index is 1.62. The van der Waals surface area contributed by atoms with Crippen LogP contribution in [0.3, 0.4) is 0 Å². The molecule has 1 saturated heterocycles. The molecular weight excluding hydrogens is 339 g/mol. The normalized spacial score (nSPS) is 16.8. The van der Waals surface area contributed by atoms with Gasteiger partial charge < -0.3 is 4.74 Å². The number of ether oxygens (including phenoxy) is 1. The third kappa shape index (κ3) is 2.77. The first-order valence-electron chi connectivity index (χ1n) is 7.83. The zero-order chi connectivity index (χ0) is 18.3. The number of tetrazole rings is 1. The van der Waals surface area contributed by atoms with Crippen molar-refractivity contribution in [3.05, 3.63) is 49.3 Å². The second-order valence-electron chi connectivity index (χ2n) is 5.84. The molecule has 1 aliphatic heterocycles. The Labute approximate surface area is 148 Å². The standard InChI is InChI=1S/C17H14FN6O2/c1-10-9-24(17(25)26-10)12-4-5-13(14(18)7-12)11-3-6-15(19-8-11)16-20-21-22-23(16)2/h3-8,10H,1,9H2,2H3. The van der Waals surface area contributed by atoms with E-state index in [1.807, 2.05) is 0 Å². The summed E-state index contributed by atoms with van der Waals surface area (Å²) in [5.74, 6) is 0.0559. The smallest absolute Gasteiger partial charge is 0.414 e. The number of anilines is 1. The molecule has 8 nitrogen and oxygen atoms in total. The van der Waals surface area contributed by atoms with Gasteiger partial charge in [0.15, 0.2) is 5.82 Å². The molecule has 2 aromatic heterocycles. The van der Waals surface area contributed by atoms with Gasteiger partial charge in [-0.3, -0.25) is 9.88 Å². The number of aromatic nitrogens is 5. The van der Waals surface area contributed by atoms with Crippen LogP contribution < -0.4 is 4.90 Å². The van der Waals surface area contributed by atoms with E-state index in [1.165, 1.54) is 15.6 Å². The maximum Gasteiger partial charge on any atom is 0.414 e. The Morgan fingerprint density at radius 3 is 2.73 bits per heavy atom. The van der Waals surface area contributed by atoms with E-state index in [0.29, 0.717) is 34.9 Å². The lowest BCUT2D eigenvalue weighted by molar-refractivity contribution is 0.159. The molecule has 131 valence electrons. The van der Waals surface area contributed by atoms with E-state index >= 15 is 0 Å². The molecule has 4 rings (SSSR count). The lowest BCUT2D eigenvalue weighted by Crippen LogP contribution is -2.24. The highest BCUT2D eigenvalue weighted by molar-refractivity contribution is 5.90. The van der Waals surface area contributed by atoms with E-state index in [-0.39, 0.29) is 0 Å². The average Bonchev–Trinajstić information content (AvgIpc) is 3.20. The molecule has 1 aromatic carbocycles. The SMILES string of the molecule is [CH2]C1CN(c2ccc(-c3ccc(-c4nnnn4C)nc3)c(F)c2)C(=O)O1. The van der Waals surface area contributed by atoms with Crippen molar-refractivity contribution < 1.29 is 13.9 Å². The molecule has 0 bridgehead atoms. The second-order valence-corrected chi connectivity index (χ2v) is 5.84. The van der Waals surface area contributed by atoms with E-state index in [4.69, 9.17) is 4.74 Å². The van der Waals surface area contributed by atoms with Gasteiger partial charge in [0.2, 0.25) is 0 Å². The number of cyclic esters (lactones) is 1. The molecule has 26 heavy (non-hydrogen) atoms. The van der Waals surface area contributed by atoms with Crippen LogP contribution in [-0.4, -0.2) is 43.9 Å². The Bertz CT molecular complexity index is 972. The van der Waals surface area contributed by atoms with Crippen molar-refractivity contribution in [2.75, 3.05) is 11.4 Å². The van der Waals surface area contributed by atoms with Gasteiger partial charge in [-0.05, 0) is 41.6 Å². The second kappa shape index (κ2) is 6.17. The molecule has 1 unspecified atom stereocenters. The van der Waals surface area contributed by atoms with Gasteiger partial charge in [-0.25, -0.2) is 13.9 Å². The summed E-state index contributed by atoms with van der Waals surface area (Å²) in [5.41, 5.74) is 1.99. The molecule has 9 heteroatoms. The number of nitrogens with zero attached hydrogens (tertiary/aromatic N) is 6. The maximum absolute atomic E-state index is 14.6. The minimum atomic E-state index is -0.527. The number of amides is 1. The lowest BCUT2D eigenvalue weighted by atomic mass is 10.1. The number of rotatable bonds is 3. The largest absolute Gasteiger partial charge is 0.444 e. The summed E-state index contributed by atoms with van der Waals surface area (Å²) >= 11 is 0. The highest BCUT2D eigenvalue weighted by Gasteiger charge is 2.29. The monoisotopic (exact) mass is 353 g/mol. The molecule has 1 atom stereocenters. The first-order chi connectivity index (χ1) is 12.5. The van der Waals surface area contributed by atoms with Crippen LogP contribution in [0.5, 0.6) is 0 Å². The molecule has 3 heterocycles. The van der Waals surface area contributed by atoms with Crippen LogP contribution in [0, 0.1) is 12.7 Å². The number of benzene rings is 1. The Morgan fingerprint density at radius 2 is 2.15 bits per heavy atom. The summed E-state index contributed by atoms with van der Waals surface area (Å²) in [5, 5.41) is 11.2. The van der Waals surface area contributed by atoms with Crippen molar-refractivity contribution >= 4 is 11.8 Å². The number of hydrogen-bond donors (Lipinski definition) is 0. The Kier molecular flexibility index (Phi) is 3.83.